The molecule has 0 unspecified atom stereocenters. The Morgan fingerprint density at radius 2 is 2.15 bits per heavy atom. The van der Waals surface area contributed by atoms with E-state index in [1.807, 2.05) is 0 Å². The van der Waals surface area contributed by atoms with Crippen LogP contribution < -0.4 is 10.1 Å². The first-order valence-corrected chi connectivity index (χ1v) is 9.07. The maximum absolute atomic E-state index is 13.3. The second kappa shape index (κ2) is 8.37. The van der Waals surface area contributed by atoms with E-state index in [9.17, 15) is 14.0 Å². The Bertz CT molecular complexity index is 975. The number of ether oxygens (including phenoxy) is 1. The summed E-state index contributed by atoms with van der Waals surface area (Å²) in [6, 6.07) is 11.1. The first-order valence-electron chi connectivity index (χ1n) is 7.87. The molecular formula is C19H14ClFN2O3S. The van der Waals surface area contributed by atoms with Crippen LogP contribution in [-0.2, 0) is 16.2 Å². The summed E-state index contributed by atoms with van der Waals surface area (Å²) in [7, 11) is 0. The third-order valence-corrected chi connectivity index (χ3v) is 4.58. The largest absolute Gasteiger partial charge is 0.488 e. The predicted molar refractivity (Wildman–Crippen MR) is 104 cm³/mol. The molecule has 2 amide bonds. The Balaban J connectivity index is 1.80. The van der Waals surface area contributed by atoms with Crippen molar-refractivity contribution in [2.45, 2.75) is 13.5 Å². The lowest BCUT2D eigenvalue weighted by Crippen LogP contribution is -2.23. The summed E-state index contributed by atoms with van der Waals surface area (Å²) in [4.78, 5) is 27.3. The van der Waals surface area contributed by atoms with Crippen LogP contribution in [0.25, 0.3) is 6.08 Å². The van der Waals surface area contributed by atoms with Gasteiger partial charge in [-0.05, 0) is 53.7 Å². The first-order chi connectivity index (χ1) is 12.9. The Morgan fingerprint density at radius 3 is 2.89 bits per heavy atom. The number of halogens is 2. The molecule has 1 aliphatic rings. The lowest BCUT2D eigenvalue weighted by Gasteiger charge is -2.10. The van der Waals surface area contributed by atoms with Gasteiger partial charge in [0.15, 0.2) is 5.17 Å². The maximum atomic E-state index is 13.3. The van der Waals surface area contributed by atoms with Gasteiger partial charge < -0.3 is 10.1 Å². The smallest absolute Gasteiger partial charge is 0.286 e. The molecule has 0 fully saturated rings. The van der Waals surface area contributed by atoms with E-state index in [0.29, 0.717) is 26.8 Å². The number of hydrogen-bond acceptors (Lipinski definition) is 4. The van der Waals surface area contributed by atoms with Crippen molar-refractivity contribution >= 4 is 46.4 Å². The van der Waals surface area contributed by atoms with Crippen LogP contribution in [0.5, 0.6) is 5.75 Å². The monoisotopic (exact) mass is 404 g/mol. The average Bonchev–Trinajstić information content (AvgIpc) is 2.92. The summed E-state index contributed by atoms with van der Waals surface area (Å²) in [5.41, 5.74) is 1.25. The quantitative estimate of drug-likeness (QED) is 0.777. The van der Waals surface area contributed by atoms with Crippen molar-refractivity contribution in [3.05, 3.63) is 69.3 Å². The minimum Gasteiger partial charge on any atom is -0.488 e. The van der Waals surface area contributed by atoms with E-state index in [1.54, 1.807) is 36.4 Å². The maximum Gasteiger partial charge on any atom is 0.286 e. The van der Waals surface area contributed by atoms with Gasteiger partial charge in [-0.15, -0.1) is 0 Å². The van der Waals surface area contributed by atoms with Crippen LogP contribution in [0.2, 0.25) is 5.02 Å². The number of nitrogens with one attached hydrogen (secondary N) is 1. The first kappa shape index (κ1) is 19.1. The van der Waals surface area contributed by atoms with Gasteiger partial charge >= 0.3 is 0 Å². The zero-order valence-corrected chi connectivity index (χ0v) is 15.7. The Labute approximate surface area is 164 Å². The number of amides is 2. The normalized spacial score (nSPS) is 15.0. The molecule has 0 aromatic heterocycles. The predicted octanol–water partition coefficient (Wildman–Crippen LogP) is 4.16. The number of carbonyl (C=O) groups excluding carboxylic acids is 2. The molecule has 0 aliphatic carbocycles. The molecule has 138 valence electrons. The highest BCUT2D eigenvalue weighted by molar-refractivity contribution is 8.18. The lowest BCUT2D eigenvalue weighted by atomic mass is 10.1. The van der Waals surface area contributed by atoms with Crippen LogP contribution in [0.15, 0.2) is 52.4 Å². The standard InChI is InChI=1S/C19H14ClFN2O3S/c1-11(24)22-19-23-18(25)17(27-19)9-13-8-14(20)5-6-16(13)26-10-12-3-2-4-15(21)7-12/h2-9H,10H2,1H3,(H,22,23,24,25)/b17-9-. The van der Waals surface area contributed by atoms with Gasteiger partial charge in [-0.25, -0.2) is 4.39 Å². The molecule has 1 N–H and O–H groups in total. The van der Waals surface area contributed by atoms with Crippen molar-refractivity contribution in [2.24, 2.45) is 4.99 Å². The molecule has 8 heteroatoms. The van der Waals surface area contributed by atoms with E-state index in [1.165, 1.54) is 19.1 Å². The Hall–Kier alpha value is -2.64. The van der Waals surface area contributed by atoms with Gasteiger partial charge in [0.25, 0.3) is 5.91 Å². The summed E-state index contributed by atoms with van der Waals surface area (Å²) >= 11 is 7.12. The van der Waals surface area contributed by atoms with Crippen molar-refractivity contribution < 1.29 is 18.7 Å². The van der Waals surface area contributed by atoms with Crippen LogP contribution in [0, 0.1) is 5.82 Å². The number of aliphatic imine (C=N–C) groups is 1. The molecule has 0 radical (unpaired) electrons. The summed E-state index contributed by atoms with van der Waals surface area (Å²) in [6.07, 6.45) is 1.60. The van der Waals surface area contributed by atoms with Crippen molar-refractivity contribution in [3.63, 3.8) is 0 Å². The molecule has 3 rings (SSSR count). The van der Waals surface area contributed by atoms with Crippen LogP contribution >= 0.6 is 23.4 Å². The Morgan fingerprint density at radius 1 is 1.33 bits per heavy atom. The van der Waals surface area contributed by atoms with Crippen molar-refractivity contribution in [1.82, 2.24) is 5.32 Å². The van der Waals surface area contributed by atoms with Gasteiger partial charge in [-0.2, -0.15) is 4.99 Å². The van der Waals surface area contributed by atoms with E-state index in [4.69, 9.17) is 16.3 Å². The molecule has 0 saturated heterocycles. The highest BCUT2D eigenvalue weighted by Gasteiger charge is 2.23. The second-order valence-corrected chi connectivity index (χ2v) is 7.08. The van der Waals surface area contributed by atoms with Gasteiger partial charge in [-0.1, -0.05) is 23.7 Å². The number of carbonyl (C=O) groups is 2. The number of rotatable bonds is 4. The second-order valence-electron chi connectivity index (χ2n) is 5.61. The minimum absolute atomic E-state index is 0.157. The molecule has 0 bridgehead atoms. The van der Waals surface area contributed by atoms with Crippen LogP contribution in [0.1, 0.15) is 18.1 Å². The van der Waals surface area contributed by atoms with Crippen LogP contribution in [0.3, 0.4) is 0 Å². The lowest BCUT2D eigenvalue weighted by molar-refractivity contribution is -0.117. The highest BCUT2D eigenvalue weighted by Crippen LogP contribution is 2.32. The third kappa shape index (κ3) is 5.18. The fourth-order valence-corrected chi connectivity index (χ4v) is 3.34. The number of hydrogen-bond donors (Lipinski definition) is 1. The number of amidine groups is 1. The van der Waals surface area contributed by atoms with E-state index in [2.05, 4.69) is 10.3 Å². The zero-order chi connectivity index (χ0) is 19.4. The van der Waals surface area contributed by atoms with Gasteiger partial charge in [0, 0.05) is 17.5 Å². The Kier molecular flexibility index (Phi) is 5.93. The molecule has 2 aromatic rings. The van der Waals surface area contributed by atoms with Gasteiger partial charge in [0.05, 0.1) is 4.91 Å². The molecule has 5 nitrogen and oxygen atoms in total. The van der Waals surface area contributed by atoms with Gasteiger partial charge in [-0.3, -0.25) is 9.59 Å². The summed E-state index contributed by atoms with van der Waals surface area (Å²) in [6.45, 7) is 1.49. The number of benzene rings is 2. The number of nitrogens with zero attached hydrogens (tertiary/aromatic N) is 1. The highest BCUT2D eigenvalue weighted by atomic mass is 35.5. The topological polar surface area (TPSA) is 67.8 Å². The minimum atomic E-state index is -0.459. The third-order valence-electron chi connectivity index (χ3n) is 3.45. The molecular weight excluding hydrogens is 391 g/mol. The van der Waals surface area contributed by atoms with Crippen molar-refractivity contribution in [2.75, 3.05) is 0 Å². The summed E-state index contributed by atoms with van der Waals surface area (Å²) in [5.74, 6) is -0.625. The summed E-state index contributed by atoms with van der Waals surface area (Å²) < 4.78 is 19.1. The molecule has 0 spiro atoms. The van der Waals surface area contributed by atoms with Crippen LogP contribution in [0.4, 0.5) is 4.39 Å². The van der Waals surface area contributed by atoms with Crippen LogP contribution in [-0.4, -0.2) is 17.0 Å². The van der Waals surface area contributed by atoms with Gasteiger partial charge in [0.1, 0.15) is 18.2 Å². The molecule has 2 aromatic carbocycles. The van der Waals surface area contributed by atoms with E-state index < -0.39 is 5.91 Å². The molecule has 1 heterocycles. The molecule has 1 aliphatic heterocycles. The fraction of sp³-hybridized carbons (Fsp3) is 0.105. The average molecular weight is 405 g/mol. The van der Waals surface area contributed by atoms with Crippen molar-refractivity contribution in [3.8, 4) is 5.75 Å². The fourth-order valence-electron chi connectivity index (χ4n) is 2.31. The SMILES string of the molecule is CC(=O)NC1=NC(=O)/C(=C/c2cc(Cl)ccc2OCc2cccc(F)c2)S1. The van der Waals surface area contributed by atoms with E-state index >= 15 is 0 Å². The zero-order valence-electron chi connectivity index (χ0n) is 14.2. The molecule has 0 saturated carbocycles. The summed E-state index contributed by atoms with van der Waals surface area (Å²) in [5, 5.41) is 3.18. The van der Waals surface area contributed by atoms with E-state index in [0.717, 1.165) is 11.8 Å². The van der Waals surface area contributed by atoms with E-state index in [-0.39, 0.29) is 23.5 Å². The number of thioether (sulfide) groups is 1. The van der Waals surface area contributed by atoms with Crippen molar-refractivity contribution in [1.29, 1.82) is 0 Å². The van der Waals surface area contributed by atoms with Gasteiger partial charge in [0.2, 0.25) is 5.91 Å². The molecule has 0 atom stereocenters. The molecule has 27 heavy (non-hydrogen) atoms.